The van der Waals surface area contributed by atoms with E-state index >= 15 is 0 Å². The van der Waals surface area contributed by atoms with E-state index in [1.54, 1.807) is 6.07 Å². The van der Waals surface area contributed by atoms with Crippen LogP contribution in [0, 0.1) is 28.9 Å². The molecular formula is C14H16F2N2. The molecule has 1 unspecified atom stereocenters. The summed E-state index contributed by atoms with van der Waals surface area (Å²) in [6.45, 7) is 3.66. The van der Waals surface area contributed by atoms with Crippen LogP contribution in [0.1, 0.15) is 31.7 Å². The van der Waals surface area contributed by atoms with E-state index in [2.05, 4.69) is 6.92 Å². The molecule has 0 bridgehead atoms. The lowest BCUT2D eigenvalue weighted by Crippen LogP contribution is -2.25. The smallest absolute Gasteiger partial charge is 0.183 e. The first kappa shape index (κ1) is 12.8. The van der Waals surface area contributed by atoms with Crippen LogP contribution < -0.4 is 4.90 Å². The summed E-state index contributed by atoms with van der Waals surface area (Å²) in [7, 11) is 0. The molecule has 0 aliphatic carbocycles. The second-order valence-corrected chi connectivity index (χ2v) is 4.90. The molecule has 0 N–H and O–H groups in total. The van der Waals surface area contributed by atoms with Crippen molar-refractivity contribution < 1.29 is 8.78 Å². The van der Waals surface area contributed by atoms with Gasteiger partial charge in [0.1, 0.15) is 6.07 Å². The molecule has 1 heterocycles. The number of anilines is 1. The van der Waals surface area contributed by atoms with E-state index in [4.69, 9.17) is 5.26 Å². The molecule has 2 rings (SSSR count). The molecule has 96 valence electrons. The quantitative estimate of drug-likeness (QED) is 0.763. The predicted molar refractivity (Wildman–Crippen MR) is 66.3 cm³/mol. The molecule has 0 spiro atoms. The van der Waals surface area contributed by atoms with Crippen molar-refractivity contribution in [1.29, 1.82) is 5.26 Å². The summed E-state index contributed by atoms with van der Waals surface area (Å²) in [6.07, 6.45) is 3.10. The van der Waals surface area contributed by atoms with Crippen molar-refractivity contribution in [3.63, 3.8) is 0 Å². The number of nitriles is 1. The summed E-state index contributed by atoms with van der Waals surface area (Å²) >= 11 is 0. The Balaban J connectivity index is 2.28. The molecule has 2 nitrogen and oxygen atoms in total. The molecule has 0 amide bonds. The molecule has 4 heteroatoms. The molecule has 1 fully saturated rings. The lowest BCUT2D eigenvalue weighted by atomic mass is 10.0. The zero-order valence-electron chi connectivity index (χ0n) is 10.4. The van der Waals surface area contributed by atoms with Crippen LogP contribution in [0.5, 0.6) is 0 Å². The second kappa shape index (κ2) is 5.34. The standard InChI is InChI=1S/C14H16F2N2/c1-10-3-2-7-18(8-6-10)12-5-4-11(9-17)13(15)14(12)16/h4-5,10H,2-3,6-8H2,1H3. The number of benzene rings is 1. The highest BCUT2D eigenvalue weighted by molar-refractivity contribution is 5.52. The molecule has 1 saturated heterocycles. The lowest BCUT2D eigenvalue weighted by Gasteiger charge is -2.23. The number of rotatable bonds is 1. The van der Waals surface area contributed by atoms with Crippen LogP contribution in [0.15, 0.2) is 12.1 Å². The lowest BCUT2D eigenvalue weighted by molar-refractivity contribution is 0.502. The molecule has 1 atom stereocenters. The normalized spacial score (nSPS) is 20.3. The zero-order chi connectivity index (χ0) is 13.1. The van der Waals surface area contributed by atoms with E-state index in [1.165, 1.54) is 12.1 Å². The average molecular weight is 250 g/mol. The minimum atomic E-state index is -1.03. The molecule has 0 saturated carbocycles. The summed E-state index contributed by atoms with van der Waals surface area (Å²) < 4.78 is 27.5. The van der Waals surface area contributed by atoms with Crippen molar-refractivity contribution in [2.75, 3.05) is 18.0 Å². The maximum atomic E-state index is 13.9. The Kier molecular flexibility index (Phi) is 3.81. The van der Waals surface area contributed by atoms with Gasteiger partial charge in [-0.15, -0.1) is 0 Å². The highest BCUT2D eigenvalue weighted by Crippen LogP contribution is 2.27. The van der Waals surface area contributed by atoms with Crippen LogP contribution in [0.3, 0.4) is 0 Å². The van der Waals surface area contributed by atoms with Crippen LogP contribution >= 0.6 is 0 Å². The number of hydrogen-bond acceptors (Lipinski definition) is 2. The van der Waals surface area contributed by atoms with Crippen molar-refractivity contribution in [1.82, 2.24) is 0 Å². The van der Waals surface area contributed by atoms with Gasteiger partial charge in [-0.05, 0) is 37.3 Å². The van der Waals surface area contributed by atoms with Crippen molar-refractivity contribution in [3.8, 4) is 6.07 Å². The van der Waals surface area contributed by atoms with E-state index in [-0.39, 0.29) is 11.3 Å². The maximum absolute atomic E-state index is 13.9. The zero-order valence-corrected chi connectivity index (χ0v) is 10.4. The molecule has 1 aromatic carbocycles. The predicted octanol–water partition coefficient (Wildman–Crippen LogP) is 3.46. The van der Waals surface area contributed by atoms with Gasteiger partial charge in [-0.25, -0.2) is 8.78 Å². The topological polar surface area (TPSA) is 27.0 Å². The Morgan fingerprint density at radius 1 is 1.22 bits per heavy atom. The molecule has 1 aliphatic rings. The van der Waals surface area contributed by atoms with Gasteiger partial charge in [0, 0.05) is 13.1 Å². The SMILES string of the molecule is CC1CCCN(c2ccc(C#N)c(F)c2F)CC1. The third-order valence-corrected chi connectivity index (χ3v) is 3.54. The van der Waals surface area contributed by atoms with Gasteiger partial charge in [0.25, 0.3) is 0 Å². The first-order valence-corrected chi connectivity index (χ1v) is 6.26. The first-order chi connectivity index (χ1) is 8.63. The Bertz CT molecular complexity index is 479. The van der Waals surface area contributed by atoms with Crippen LogP contribution in [0.25, 0.3) is 0 Å². The highest BCUT2D eigenvalue weighted by Gasteiger charge is 2.20. The second-order valence-electron chi connectivity index (χ2n) is 4.90. The number of hydrogen-bond donors (Lipinski definition) is 0. The summed E-state index contributed by atoms with van der Waals surface area (Å²) in [4.78, 5) is 1.88. The summed E-state index contributed by atoms with van der Waals surface area (Å²) in [5.41, 5.74) is 0.0417. The Hall–Kier alpha value is -1.63. The molecular weight excluding hydrogens is 234 g/mol. The molecule has 0 aromatic heterocycles. The molecule has 18 heavy (non-hydrogen) atoms. The monoisotopic (exact) mass is 250 g/mol. The molecule has 1 aliphatic heterocycles. The van der Waals surface area contributed by atoms with Crippen LogP contribution in [0.2, 0.25) is 0 Å². The number of nitrogens with zero attached hydrogens (tertiary/aromatic N) is 2. The third-order valence-electron chi connectivity index (χ3n) is 3.54. The van der Waals surface area contributed by atoms with E-state index in [9.17, 15) is 8.78 Å². The van der Waals surface area contributed by atoms with Gasteiger partial charge in [-0.1, -0.05) is 6.92 Å². The third kappa shape index (κ3) is 2.45. The van der Waals surface area contributed by atoms with Gasteiger partial charge in [0.2, 0.25) is 0 Å². The summed E-state index contributed by atoms with van der Waals surface area (Å²) in [5, 5.41) is 8.65. The molecule has 0 radical (unpaired) electrons. The van der Waals surface area contributed by atoms with Crippen molar-refractivity contribution >= 4 is 5.69 Å². The average Bonchev–Trinajstić information content (AvgIpc) is 2.58. The first-order valence-electron chi connectivity index (χ1n) is 6.26. The van der Waals surface area contributed by atoms with Gasteiger partial charge in [0.05, 0.1) is 11.3 Å². The Morgan fingerprint density at radius 2 is 2.00 bits per heavy atom. The number of halogens is 2. The van der Waals surface area contributed by atoms with Crippen LogP contribution in [0.4, 0.5) is 14.5 Å². The van der Waals surface area contributed by atoms with E-state index in [1.807, 2.05) is 4.90 Å². The van der Waals surface area contributed by atoms with E-state index < -0.39 is 11.6 Å². The van der Waals surface area contributed by atoms with Gasteiger partial charge >= 0.3 is 0 Å². The minimum Gasteiger partial charge on any atom is -0.369 e. The van der Waals surface area contributed by atoms with Gasteiger partial charge in [-0.2, -0.15) is 5.26 Å². The van der Waals surface area contributed by atoms with E-state index in [0.717, 1.165) is 32.4 Å². The van der Waals surface area contributed by atoms with Gasteiger partial charge in [-0.3, -0.25) is 0 Å². The fourth-order valence-electron chi connectivity index (χ4n) is 2.37. The fraction of sp³-hybridized carbons (Fsp3) is 0.500. The van der Waals surface area contributed by atoms with Crippen LogP contribution in [-0.4, -0.2) is 13.1 Å². The fourth-order valence-corrected chi connectivity index (χ4v) is 2.37. The van der Waals surface area contributed by atoms with Crippen molar-refractivity contribution in [2.45, 2.75) is 26.2 Å². The largest absolute Gasteiger partial charge is 0.369 e. The minimum absolute atomic E-state index is 0.237. The summed E-state index contributed by atoms with van der Waals surface area (Å²) in [6, 6.07) is 4.51. The summed E-state index contributed by atoms with van der Waals surface area (Å²) in [5.74, 6) is -1.31. The van der Waals surface area contributed by atoms with Crippen molar-refractivity contribution in [3.05, 3.63) is 29.3 Å². The van der Waals surface area contributed by atoms with Crippen molar-refractivity contribution in [2.24, 2.45) is 5.92 Å². The van der Waals surface area contributed by atoms with Gasteiger partial charge < -0.3 is 4.90 Å². The van der Waals surface area contributed by atoms with E-state index in [0.29, 0.717) is 5.92 Å². The van der Waals surface area contributed by atoms with Crippen LogP contribution in [-0.2, 0) is 0 Å². The maximum Gasteiger partial charge on any atom is 0.183 e. The van der Waals surface area contributed by atoms with Gasteiger partial charge in [0.15, 0.2) is 11.6 Å². The highest BCUT2D eigenvalue weighted by atomic mass is 19.2. The molecule has 1 aromatic rings. The Labute approximate surface area is 106 Å². The Morgan fingerprint density at radius 3 is 2.72 bits per heavy atom.